The third-order valence-corrected chi connectivity index (χ3v) is 1.41. The number of hydrogen-bond donors (Lipinski definition) is 1. The molecule has 1 amide bonds. The number of pyridine rings is 1. The lowest BCUT2D eigenvalue weighted by molar-refractivity contribution is 0.0891. The second-order valence-corrected chi connectivity index (χ2v) is 2.47. The molecule has 0 saturated heterocycles. The molecule has 1 aromatic rings. The normalized spacial score (nSPS) is 10.3. The van der Waals surface area contributed by atoms with E-state index >= 15 is 0 Å². The lowest BCUT2D eigenvalue weighted by Crippen LogP contribution is -2.28. The molecule has 0 radical (unpaired) electrons. The summed E-state index contributed by atoms with van der Waals surface area (Å²) < 4.78 is 35.7. The van der Waals surface area contributed by atoms with Crippen molar-refractivity contribution in [1.82, 2.24) is 10.3 Å². The fourth-order valence-corrected chi connectivity index (χ4v) is 0.782. The molecule has 1 N–H and O–H groups in total. The minimum absolute atomic E-state index is 0.0482. The van der Waals surface area contributed by atoms with E-state index in [1.807, 2.05) is 5.32 Å². The number of alkyl halides is 2. The molecule has 1 heterocycles. The summed E-state index contributed by atoms with van der Waals surface area (Å²) >= 11 is 0. The number of carbonyl (C=O) groups excluding carboxylic acids is 1. The molecule has 0 bridgehead atoms. The summed E-state index contributed by atoms with van der Waals surface area (Å²) in [5.41, 5.74) is 0.0482. The van der Waals surface area contributed by atoms with Crippen molar-refractivity contribution in [2.75, 3.05) is 6.54 Å². The molecule has 0 aliphatic rings. The first-order valence-corrected chi connectivity index (χ1v) is 3.77. The van der Waals surface area contributed by atoms with Gasteiger partial charge in [0.1, 0.15) is 0 Å². The topological polar surface area (TPSA) is 42.0 Å². The number of nitrogens with one attached hydrogen (secondary N) is 1. The fourth-order valence-electron chi connectivity index (χ4n) is 0.782. The van der Waals surface area contributed by atoms with Crippen LogP contribution >= 0.6 is 0 Å². The van der Waals surface area contributed by atoms with Gasteiger partial charge in [0, 0.05) is 6.20 Å². The number of halogens is 3. The fraction of sp³-hybridized carbons (Fsp3) is 0.250. The Morgan fingerprint density at radius 2 is 2.21 bits per heavy atom. The lowest BCUT2D eigenvalue weighted by Gasteiger charge is -2.03. The Hall–Kier alpha value is -1.59. The van der Waals surface area contributed by atoms with Gasteiger partial charge in [0.05, 0.1) is 12.1 Å². The highest BCUT2D eigenvalue weighted by Crippen LogP contribution is 1.99. The minimum Gasteiger partial charge on any atom is -0.346 e. The van der Waals surface area contributed by atoms with Crippen LogP contribution in [0.5, 0.6) is 0 Å². The molecular formula is C8H7F3N2O. The van der Waals surface area contributed by atoms with Gasteiger partial charge in [-0.05, 0) is 12.1 Å². The summed E-state index contributed by atoms with van der Waals surface area (Å²) in [5, 5.41) is 1.97. The first kappa shape index (κ1) is 10.5. The van der Waals surface area contributed by atoms with E-state index in [-0.39, 0.29) is 5.56 Å². The number of amides is 1. The maximum atomic E-state index is 12.3. The van der Waals surface area contributed by atoms with E-state index in [0.29, 0.717) is 0 Å². The summed E-state index contributed by atoms with van der Waals surface area (Å²) in [4.78, 5) is 14.3. The van der Waals surface area contributed by atoms with Crippen LogP contribution in [0.1, 0.15) is 10.4 Å². The molecule has 14 heavy (non-hydrogen) atoms. The lowest BCUT2D eigenvalue weighted by atomic mass is 10.3. The highest BCUT2D eigenvalue weighted by Gasteiger charge is 2.08. The molecule has 0 aliphatic carbocycles. The van der Waals surface area contributed by atoms with Crippen LogP contribution in [0.4, 0.5) is 13.2 Å². The Labute approximate surface area is 78.0 Å². The quantitative estimate of drug-likeness (QED) is 0.752. The molecule has 0 spiro atoms. The molecule has 0 saturated carbocycles. The zero-order chi connectivity index (χ0) is 10.6. The van der Waals surface area contributed by atoms with Crippen LogP contribution in [0.2, 0.25) is 0 Å². The predicted molar refractivity (Wildman–Crippen MR) is 42.5 cm³/mol. The first-order chi connectivity index (χ1) is 6.59. The molecular weight excluding hydrogens is 197 g/mol. The second-order valence-electron chi connectivity index (χ2n) is 2.47. The molecule has 76 valence electrons. The number of aromatic nitrogens is 1. The number of hydrogen-bond acceptors (Lipinski definition) is 2. The highest BCUT2D eigenvalue weighted by atomic mass is 19.3. The number of carbonyl (C=O) groups is 1. The molecule has 0 atom stereocenters. The van der Waals surface area contributed by atoms with E-state index in [1.165, 1.54) is 6.07 Å². The summed E-state index contributed by atoms with van der Waals surface area (Å²) in [6.07, 6.45) is -1.62. The van der Waals surface area contributed by atoms with Crippen molar-refractivity contribution >= 4 is 5.91 Å². The molecule has 0 aliphatic heterocycles. The van der Waals surface area contributed by atoms with Gasteiger partial charge in [0.2, 0.25) is 5.95 Å². The van der Waals surface area contributed by atoms with Crippen molar-refractivity contribution < 1.29 is 18.0 Å². The molecule has 6 heteroatoms. The van der Waals surface area contributed by atoms with Crippen molar-refractivity contribution in [3.63, 3.8) is 0 Å². The van der Waals surface area contributed by atoms with Crippen molar-refractivity contribution in [3.8, 4) is 0 Å². The molecule has 0 aromatic carbocycles. The van der Waals surface area contributed by atoms with Gasteiger partial charge in [-0.1, -0.05) is 0 Å². The van der Waals surface area contributed by atoms with Gasteiger partial charge in [-0.3, -0.25) is 4.79 Å². The average Bonchev–Trinajstić information content (AvgIpc) is 2.15. The van der Waals surface area contributed by atoms with E-state index < -0.39 is 24.8 Å². The van der Waals surface area contributed by atoms with E-state index in [4.69, 9.17) is 0 Å². The third-order valence-electron chi connectivity index (χ3n) is 1.41. The van der Waals surface area contributed by atoms with Crippen LogP contribution in [0.25, 0.3) is 0 Å². The van der Waals surface area contributed by atoms with E-state index in [1.54, 1.807) is 0 Å². The maximum absolute atomic E-state index is 12.3. The van der Waals surface area contributed by atoms with Crippen molar-refractivity contribution in [3.05, 3.63) is 29.8 Å². The minimum atomic E-state index is -2.60. The van der Waals surface area contributed by atoms with Crippen LogP contribution < -0.4 is 5.32 Å². The molecule has 3 nitrogen and oxygen atoms in total. The van der Waals surface area contributed by atoms with Gasteiger partial charge in [-0.15, -0.1) is 0 Å². The van der Waals surface area contributed by atoms with Gasteiger partial charge < -0.3 is 5.32 Å². The molecule has 0 fully saturated rings. The summed E-state index contributed by atoms with van der Waals surface area (Å²) in [7, 11) is 0. The zero-order valence-corrected chi connectivity index (χ0v) is 7.01. The molecule has 1 aromatic heterocycles. The Bertz CT molecular complexity index is 313. The Morgan fingerprint density at radius 3 is 2.71 bits per heavy atom. The predicted octanol–water partition coefficient (Wildman–Crippen LogP) is 1.22. The van der Waals surface area contributed by atoms with E-state index in [2.05, 4.69) is 4.98 Å². The first-order valence-electron chi connectivity index (χ1n) is 3.77. The summed E-state index contributed by atoms with van der Waals surface area (Å²) in [6, 6.07) is 2.15. The standard InChI is InChI=1S/C8H7F3N2O/c9-6(10)4-13-8(14)5-1-2-7(11)12-3-5/h1-3,6H,4H2,(H,13,14). The van der Waals surface area contributed by atoms with Crippen molar-refractivity contribution in [2.45, 2.75) is 6.43 Å². The SMILES string of the molecule is O=C(NCC(F)F)c1ccc(F)nc1. The van der Waals surface area contributed by atoms with Crippen LogP contribution in [0.3, 0.4) is 0 Å². The second kappa shape index (κ2) is 4.59. The van der Waals surface area contributed by atoms with Crippen LogP contribution in [-0.2, 0) is 0 Å². The van der Waals surface area contributed by atoms with Crippen LogP contribution in [0.15, 0.2) is 18.3 Å². The van der Waals surface area contributed by atoms with Gasteiger partial charge in [-0.2, -0.15) is 4.39 Å². The Morgan fingerprint density at radius 1 is 1.50 bits per heavy atom. The van der Waals surface area contributed by atoms with E-state index in [0.717, 1.165) is 12.3 Å². The van der Waals surface area contributed by atoms with Crippen LogP contribution in [-0.4, -0.2) is 23.9 Å². The molecule has 0 unspecified atom stereocenters. The smallest absolute Gasteiger partial charge is 0.255 e. The molecule has 1 rings (SSSR count). The largest absolute Gasteiger partial charge is 0.346 e. The van der Waals surface area contributed by atoms with Crippen molar-refractivity contribution in [1.29, 1.82) is 0 Å². The summed E-state index contributed by atoms with van der Waals surface area (Å²) in [6.45, 7) is -0.726. The average molecular weight is 204 g/mol. The number of nitrogens with zero attached hydrogens (tertiary/aromatic N) is 1. The maximum Gasteiger partial charge on any atom is 0.255 e. The Balaban J connectivity index is 2.57. The third kappa shape index (κ3) is 3.04. The van der Waals surface area contributed by atoms with E-state index in [9.17, 15) is 18.0 Å². The van der Waals surface area contributed by atoms with Crippen molar-refractivity contribution in [2.24, 2.45) is 0 Å². The van der Waals surface area contributed by atoms with Gasteiger partial charge in [0.25, 0.3) is 12.3 Å². The monoisotopic (exact) mass is 204 g/mol. The highest BCUT2D eigenvalue weighted by molar-refractivity contribution is 5.93. The van der Waals surface area contributed by atoms with Gasteiger partial charge in [-0.25, -0.2) is 13.8 Å². The zero-order valence-electron chi connectivity index (χ0n) is 7.01. The summed E-state index contributed by atoms with van der Waals surface area (Å²) in [5.74, 6) is -1.42. The number of rotatable bonds is 3. The van der Waals surface area contributed by atoms with Gasteiger partial charge in [0.15, 0.2) is 0 Å². The van der Waals surface area contributed by atoms with Gasteiger partial charge >= 0.3 is 0 Å². The Kier molecular flexibility index (Phi) is 3.44. The van der Waals surface area contributed by atoms with Crippen LogP contribution in [0, 0.1) is 5.95 Å².